The topological polar surface area (TPSA) is 25.2 Å². The standard InChI is InChI=1S/C26H30N2S/c1-17-13-21-22(26(5,6)10-9-25(21,3)4)15-20(17)18(2)23-8-7-19(16-28-23)14-24-27-11-12-29-24/h7-10,13,15-16H,2,11-12,14H2,1,3-6H3. The summed E-state index contributed by atoms with van der Waals surface area (Å²) in [6, 6.07) is 8.97. The van der Waals surface area contributed by atoms with Gasteiger partial charge in [0, 0.05) is 41.3 Å². The van der Waals surface area contributed by atoms with E-state index in [1.54, 1.807) is 0 Å². The number of rotatable bonds is 4. The van der Waals surface area contributed by atoms with E-state index >= 15 is 0 Å². The molecule has 0 spiro atoms. The molecule has 2 nitrogen and oxygen atoms in total. The Hall–Kier alpha value is -2.13. The first-order valence-electron chi connectivity index (χ1n) is 10.3. The summed E-state index contributed by atoms with van der Waals surface area (Å²) in [5.74, 6) is 1.11. The van der Waals surface area contributed by atoms with Crippen molar-refractivity contribution in [3.05, 3.63) is 82.7 Å². The van der Waals surface area contributed by atoms with E-state index in [9.17, 15) is 0 Å². The van der Waals surface area contributed by atoms with Gasteiger partial charge in [0.2, 0.25) is 0 Å². The van der Waals surface area contributed by atoms with E-state index in [2.05, 4.69) is 82.6 Å². The van der Waals surface area contributed by atoms with E-state index in [0.717, 1.165) is 30.0 Å². The number of fused-ring (bicyclic) bond motifs is 1. The number of allylic oxidation sites excluding steroid dienone is 2. The second-order valence-electron chi connectivity index (χ2n) is 9.32. The van der Waals surface area contributed by atoms with Gasteiger partial charge in [-0.1, -0.05) is 58.6 Å². The lowest BCUT2D eigenvalue weighted by molar-refractivity contribution is 0.562. The van der Waals surface area contributed by atoms with Crippen LogP contribution in [-0.4, -0.2) is 22.3 Å². The van der Waals surface area contributed by atoms with Crippen LogP contribution >= 0.6 is 11.8 Å². The summed E-state index contributed by atoms with van der Waals surface area (Å²) < 4.78 is 0. The lowest BCUT2D eigenvalue weighted by atomic mass is 9.67. The number of aryl methyl sites for hydroxylation is 1. The van der Waals surface area contributed by atoms with Gasteiger partial charge < -0.3 is 0 Å². The van der Waals surface area contributed by atoms with Crippen LogP contribution in [0.5, 0.6) is 0 Å². The molecule has 0 radical (unpaired) electrons. The fourth-order valence-corrected chi connectivity index (χ4v) is 5.07. The van der Waals surface area contributed by atoms with Crippen molar-refractivity contribution in [2.75, 3.05) is 12.3 Å². The Morgan fingerprint density at radius 2 is 1.76 bits per heavy atom. The highest BCUT2D eigenvalue weighted by molar-refractivity contribution is 8.14. The maximum Gasteiger partial charge on any atom is 0.0721 e. The molecule has 0 bridgehead atoms. The summed E-state index contributed by atoms with van der Waals surface area (Å²) in [5, 5.41) is 1.22. The van der Waals surface area contributed by atoms with Crippen molar-refractivity contribution in [3.63, 3.8) is 0 Å². The highest BCUT2D eigenvalue weighted by Crippen LogP contribution is 2.43. The molecule has 1 aliphatic carbocycles. The molecule has 150 valence electrons. The van der Waals surface area contributed by atoms with Crippen LogP contribution in [-0.2, 0) is 17.3 Å². The normalized spacial score (nSPS) is 19.0. The molecule has 4 rings (SSSR count). The van der Waals surface area contributed by atoms with Gasteiger partial charge in [-0.05, 0) is 46.9 Å². The third-order valence-corrected chi connectivity index (χ3v) is 7.13. The molecule has 2 heterocycles. The number of hydrogen-bond donors (Lipinski definition) is 0. The third-order valence-electron chi connectivity index (χ3n) is 6.13. The predicted octanol–water partition coefficient (Wildman–Crippen LogP) is 6.26. The molecule has 0 fully saturated rings. The lowest BCUT2D eigenvalue weighted by Gasteiger charge is -2.37. The second kappa shape index (κ2) is 7.28. The highest BCUT2D eigenvalue weighted by atomic mass is 32.2. The van der Waals surface area contributed by atoms with Crippen molar-refractivity contribution in [1.82, 2.24) is 4.98 Å². The smallest absolute Gasteiger partial charge is 0.0721 e. The van der Waals surface area contributed by atoms with Crippen molar-refractivity contribution >= 4 is 22.4 Å². The van der Waals surface area contributed by atoms with E-state index < -0.39 is 0 Å². The van der Waals surface area contributed by atoms with Crippen LogP contribution < -0.4 is 0 Å². The molecule has 0 saturated heterocycles. The highest BCUT2D eigenvalue weighted by Gasteiger charge is 2.33. The Kier molecular flexibility index (Phi) is 5.06. The van der Waals surface area contributed by atoms with Crippen molar-refractivity contribution < 1.29 is 0 Å². The zero-order valence-corrected chi connectivity index (χ0v) is 19.0. The van der Waals surface area contributed by atoms with Crippen LogP contribution in [0.3, 0.4) is 0 Å². The molecule has 1 aromatic heterocycles. The molecule has 0 saturated carbocycles. The van der Waals surface area contributed by atoms with Gasteiger partial charge in [-0.25, -0.2) is 0 Å². The molecular weight excluding hydrogens is 372 g/mol. The number of aromatic nitrogens is 1. The number of benzene rings is 1. The summed E-state index contributed by atoms with van der Waals surface area (Å²) in [4.78, 5) is 9.28. The average Bonchev–Trinajstić information content (AvgIpc) is 3.18. The van der Waals surface area contributed by atoms with Crippen LogP contribution in [0.4, 0.5) is 0 Å². The molecule has 0 atom stereocenters. The first-order valence-corrected chi connectivity index (χ1v) is 11.3. The summed E-state index contributed by atoms with van der Waals surface area (Å²) in [6.07, 6.45) is 7.55. The molecular formula is C26H30N2S. The van der Waals surface area contributed by atoms with E-state index in [1.165, 1.54) is 32.9 Å². The average molecular weight is 403 g/mol. The Labute approximate surface area is 179 Å². The van der Waals surface area contributed by atoms with Gasteiger partial charge in [0.1, 0.15) is 0 Å². The Bertz CT molecular complexity index is 1020. The quantitative estimate of drug-likeness (QED) is 0.564. The van der Waals surface area contributed by atoms with E-state index in [-0.39, 0.29) is 10.8 Å². The van der Waals surface area contributed by atoms with Crippen LogP contribution in [0.25, 0.3) is 5.57 Å². The van der Waals surface area contributed by atoms with Crippen LogP contribution in [0.1, 0.15) is 61.2 Å². The van der Waals surface area contributed by atoms with Crippen molar-refractivity contribution in [2.24, 2.45) is 4.99 Å². The first-order chi connectivity index (χ1) is 13.7. The summed E-state index contributed by atoms with van der Waals surface area (Å²) in [7, 11) is 0. The van der Waals surface area contributed by atoms with Gasteiger partial charge >= 0.3 is 0 Å². The Morgan fingerprint density at radius 3 is 2.34 bits per heavy atom. The minimum atomic E-state index is 0.0184. The summed E-state index contributed by atoms with van der Waals surface area (Å²) in [6.45, 7) is 16.7. The second-order valence-corrected chi connectivity index (χ2v) is 10.5. The van der Waals surface area contributed by atoms with E-state index in [0.29, 0.717) is 0 Å². The maximum atomic E-state index is 4.74. The fraction of sp³-hybridized carbons (Fsp3) is 0.385. The van der Waals surface area contributed by atoms with E-state index in [1.807, 2.05) is 18.0 Å². The van der Waals surface area contributed by atoms with Gasteiger partial charge in [0.25, 0.3) is 0 Å². The minimum Gasteiger partial charge on any atom is -0.282 e. The number of nitrogens with zero attached hydrogens (tertiary/aromatic N) is 2. The number of hydrogen-bond acceptors (Lipinski definition) is 3. The molecule has 1 aliphatic heterocycles. The van der Waals surface area contributed by atoms with Crippen LogP contribution in [0.2, 0.25) is 0 Å². The summed E-state index contributed by atoms with van der Waals surface area (Å²) >= 11 is 1.86. The Balaban J connectivity index is 1.66. The predicted molar refractivity (Wildman–Crippen MR) is 127 cm³/mol. The Morgan fingerprint density at radius 1 is 1.07 bits per heavy atom. The molecule has 0 amide bonds. The van der Waals surface area contributed by atoms with Gasteiger partial charge in [-0.3, -0.25) is 9.98 Å². The molecule has 29 heavy (non-hydrogen) atoms. The molecule has 2 aromatic rings. The molecule has 2 aliphatic rings. The SMILES string of the molecule is C=C(c1ccc(CC2=NCCS2)cn1)c1cc2c(cc1C)C(C)(C)C=CC2(C)C. The lowest BCUT2D eigenvalue weighted by Crippen LogP contribution is -2.29. The number of thioether (sulfide) groups is 1. The molecule has 3 heteroatoms. The zero-order chi connectivity index (χ0) is 20.8. The van der Waals surface area contributed by atoms with Crippen molar-refractivity contribution in [3.8, 4) is 0 Å². The van der Waals surface area contributed by atoms with Gasteiger partial charge in [-0.2, -0.15) is 0 Å². The molecule has 0 N–H and O–H groups in total. The monoisotopic (exact) mass is 402 g/mol. The van der Waals surface area contributed by atoms with Gasteiger partial charge in [0.15, 0.2) is 0 Å². The van der Waals surface area contributed by atoms with Crippen LogP contribution in [0.15, 0.2) is 54.2 Å². The zero-order valence-electron chi connectivity index (χ0n) is 18.2. The van der Waals surface area contributed by atoms with E-state index in [4.69, 9.17) is 4.98 Å². The molecule has 0 unspecified atom stereocenters. The summed E-state index contributed by atoms with van der Waals surface area (Å²) in [5.41, 5.74) is 8.48. The van der Waals surface area contributed by atoms with Gasteiger partial charge in [0.05, 0.1) is 10.7 Å². The third kappa shape index (κ3) is 3.85. The maximum absolute atomic E-state index is 4.74. The largest absolute Gasteiger partial charge is 0.282 e. The van der Waals surface area contributed by atoms with Crippen molar-refractivity contribution in [1.29, 1.82) is 0 Å². The fourth-order valence-electron chi connectivity index (χ4n) is 4.20. The minimum absolute atomic E-state index is 0.0184. The first kappa shape index (κ1) is 20.2. The number of aliphatic imine (C=N–C) groups is 1. The van der Waals surface area contributed by atoms with Crippen molar-refractivity contribution in [2.45, 2.75) is 51.9 Å². The van der Waals surface area contributed by atoms with Gasteiger partial charge in [-0.15, -0.1) is 11.8 Å². The number of pyridine rings is 1. The molecule has 1 aromatic carbocycles. The van der Waals surface area contributed by atoms with Crippen LogP contribution in [0, 0.1) is 6.92 Å².